The van der Waals surface area contributed by atoms with E-state index in [1.54, 1.807) is 6.07 Å². The number of hydrogen-bond acceptors (Lipinski definition) is 3. The molecule has 0 aliphatic rings. The second-order valence-corrected chi connectivity index (χ2v) is 5.23. The van der Waals surface area contributed by atoms with E-state index in [0.717, 1.165) is 5.56 Å². The smallest absolute Gasteiger partial charge is 0.251 e. The lowest BCUT2D eigenvalue weighted by Crippen LogP contribution is -2.25. The van der Waals surface area contributed by atoms with Gasteiger partial charge in [-0.25, -0.2) is 4.39 Å². The Bertz CT molecular complexity index is 730. The molecule has 0 aliphatic heterocycles. The number of anilines is 1. The summed E-state index contributed by atoms with van der Waals surface area (Å²) < 4.78 is 18.0. The average Bonchev–Trinajstić information content (AvgIpc) is 2.55. The van der Waals surface area contributed by atoms with Crippen LogP contribution in [0.3, 0.4) is 0 Å². The van der Waals surface area contributed by atoms with Crippen LogP contribution in [0.4, 0.5) is 10.1 Å². The Balaban J connectivity index is 1.95. The molecule has 0 unspecified atom stereocenters. The zero-order valence-electron chi connectivity index (χ0n) is 13.6. The van der Waals surface area contributed by atoms with Gasteiger partial charge in [-0.1, -0.05) is 6.07 Å². The Kier molecular flexibility index (Phi) is 5.89. The summed E-state index contributed by atoms with van der Waals surface area (Å²) in [6.45, 7) is 1.84. The minimum absolute atomic E-state index is 0.185. The van der Waals surface area contributed by atoms with Gasteiger partial charge in [0.2, 0.25) is 5.91 Å². The number of carbonyl (C=O) groups is 2. The van der Waals surface area contributed by atoms with Crippen LogP contribution in [-0.2, 0) is 11.2 Å². The monoisotopic (exact) mass is 330 g/mol. The lowest BCUT2D eigenvalue weighted by molar-refractivity contribution is -0.114. The van der Waals surface area contributed by atoms with Gasteiger partial charge in [-0.3, -0.25) is 9.59 Å². The Morgan fingerprint density at radius 2 is 1.83 bits per heavy atom. The fraction of sp³-hybridized carbons (Fsp3) is 0.222. The van der Waals surface area contributed by atoms with Crippen LogP contribution in [0, 0.1) is 5.82 Å². The number of amides is 2. The van der Waals surface area contributed by atoms with E-state index in [-0.39, 0.29) is 17.6 Å². The summed E-state index contributed by atoms with van der Waals surface area (Å²) in [6.07, 6.45) is 0.587. The van der Waals surface area contributed by atoms with Crippen molar-refractivity contribution < 1.29 is 18.7 Å². The lowest BCUT2D eigenvalue weighted by Gasteiger charge is -2.11. The third-order valence-corrected chi connectivity index (χ3v) is 3.38. The molecule has 0 fully saturated rings. The van der Waals surface area contributed by atoms with Gasteiger partial charge in [0.15, 0.2) is 0 Å². The van der Waals surface area contributed by atoms with E-state index in [9.17, 15) is 14.0 Å². The highest BCUT2D eigenvalue weighted by molar-refractivity contribution is 5.94. The predicted octanol–water partition coefficient (Wildman–Crippen LogP) is 2.77. The van der Waals surface area contributed by atoms with Crippen LogP contribution in [0.1, 0.15) is 22.8 Å². The van der Waals surface area contributed by atoms with Gasteiger partial charge < -0.3 is 15.4 Å². The first kappa shape index (κ1) is 17.5. The number of nitrogens with one attached hydrogen (secondary N) is 2. The zero-order chi connectivity index (χ0) is 17.5. The molecule has 2 aromatic rings. The van der Waals surface area contributed by atoms with Crippen molar-refractivity contribution in [3.63, 3.8) is 0 Å². The molecule has 2 aromatic carbocycles. The molecule has 0 saturated carbocycles. The molecule has 0 radical (unpaired) electrons. The molecule has 2 N–H and O–H groups in total. The van der Waals surface area contributed by atoms with Gasteiger partial charge in [0.25, 0.3) is 5.91 Å². The third-order valence-electron chi connectivity index (χ3n) is 3.38. The van der Waals surface area contributed by atoms with Crippen LogP contribution in [0.25, 0.3) is 0 Å². The number of ether oxygens (including phenoxy) is 1. The Labute approximate surface area is 139 Å². The van der Waals surface area contributed by atoms with Gasteiger partial charge in [0.1, 0.15) is 11.6 Å². The average molecular weight is 330 g/mol. The molecule has 24 heavy (non-hydrogen) atoms. The summed E-state index contributed by atoms with van der Waals surface area (Å²) in [5.41, 5.74) is 1.94. The van der Waals surface area contributed by atoms with Gasteiger partial charge >= 0.3 is 0 Å². The van der Waals surface area contributed by atoms with Crippen molar-refractivity contribution >= 4 is 17.5 Å². The van der Waals surface area contributed by atoms with Gasteiger partial charge in [-0.2, -0.15) is 0 Å². The van der Waals surface area contributed by atoms with E-state index in [2.05, 4.69) is 10.6 Å². The van der Waals surface area contributed by atoms with E-state index < -0.39 is 0 Å². The maximum atomic E-state index is 12.8. The van der Waals surface area contributed by atoms with E-state index in [1.165, 1.54) is 38.3 Å². The van der Waals surface area contributed by atoms with Gasteiger partial charge in [-0.15, -0.1) is 0 Å². The van der Waals surface area contributed by atoms with Crippen LogP contribution in [0.2, 0.25) is 0 Å². The van der Waals surface area contributed by atoms with Crippen molar-refractivity contribution in [2.24, 2.45) is 0 Å². The number of methoxy groups -OCH3 is 1. The quantitative estimate of drug-likeness (QED) is 0.856. The van der Waals surface area contributed by atoms with Crippen LogP contribution in [-0.4, -0.2) is 25.5 Å². The predicted molar refractivity (Wildman–Crippen MR) is 89.7 cm³/mol. The molecule has 6 heteroatoms. The van der Waals surface area contributed by atoms with Crippen LogP contribution < -0.4 is 15.4 Å². The number of hydrogen-bond donors (Lipinski definition) is 2. The molecular formula is C18H19FN2O3. The molecule has 2 rings (SSSR count). The maximum absolute atomic E-state index is 12.8. The maximum Gasteiger partial charge on any atom is 0.251 e. The highest BCUT2D eigenvalue weighted by Gasteiger charge is 2.08. The Hall–Kier alpha value is -2.89. The molecule has 0 heterocycles. The fourth-order valence-corrected chi connectivity index (χ4v) is 2.22. The molecule has 126 valence electrons. The topological polar surface area (TPSA) is 67.4 Å². The van der Waals surface area contributed by atoms with Crippen molar-refractivity contribution in [2.75, 3.05) is 19.0 Å². The summed E-state index contributed by atoms with van der Waals surface area (Å²) >= 11 is 0. The summed E-state index contributed by atoms with van der Waals surface area (Å²) in [6, 6.07) is 10.8. The SMILES string of the molecule is COc1ccc(CCNC(=O)c2ccc(F)cc2)cc1NC(C)=O. The minimum atomic E-state index is -0.379. The standard InChI is InChI=1S/C18H19FN2O3/c1-12(22)21-16-11-13(3-8-17(16)24-2)9-10-20-18(23)14-4-6-15(19)7-5-14/h3-8,11H,9-10H2,1-2H3,(H,20,23)(H,21,22). The van der Waals surface area contributed by atoms with Crippen molar-refractivity contribution in [3.8, 4) is 5.75 Å². The normalized spacial score (nSPS) is 10.1. The number of halogens is 1. The summed E-state index contributed by atoms with van der Waals surface area (Å²) in [4.78, 5) is 23.2. The molecule has 0 spiro atoms. The number of rotatable bonds is 6. The molecule has 5 nitrogen and oxygen atoms in total. The van der Waals surface area contributed by atoms with E-state index in [0.29, 0.717) is 30.0 Å². The first-order chi connectivity index (χ1) is 11.5. The van der Waals surface area contributed by atoms with E-state index >= 15 is 0 Å². The summed E-state index contributed by atoms with van der Waals surface area (Å²) in [5.74, 6) is -0.250. The second-order valence-electron chi connectivity index (χ2n) is 5.23. The molecule has 0 saturated heterocycles. The summed E-state index contributed by atoms with van der Waals surface area (Å²) in [5, 5.41) is 5.48. The Morgan fingerprint density at radius 1 is 1.12 bits per heavy atom. The van der Waals surface area contributed by atoms with E-state index in [1.807, 2.05) is 12.1 Å². The lowest BCUT2D eigenvalue weighted by atomic mass is 10.1. The van der Waals surface area contributed by atoms with Gasteiger partial charge in [-0.05, 0) is 48.4 Å². The number of benzene rings is 2. The first-order valence-corrected chi connectivity index (χ1v) is 7.48. The first-order valence-electron chi connectivity index (χ1n) is 7.48. The van der Waals surface area contributed by atoms with E-state index in [4.69, 9.17) is 4.74 Å². The largest absolute Gasteiger partial charge is 0.495 e. The molecule has 0 aliphatic carbocycles. The van der Waals surface area contributed by atoms with Crippen molar-refractivity contribution in [3.05, 3.63) is 59.4 Å². The van der Waals surface area contributed by atoms with Crippen LogP contribution in [0.15, 0.2) is 42.5 Å². The molecule has 0 atom stereocenters. The summed E-state index contributed by atoms with van der Waals surface area (Å²) in [7, 11) is 1.53. The highest BCUT2D eigenvalue weighted by atomic mass is 19.1. The van der Waals surface area contributed by atoms with Gasteiger partial charge in [0.05, 0.1) is 12.8 Å². The van der Waals surface area contributed by atoms with Crippen molar-refractivity contribution in [1.82, 2.24) is 5.32 Å². The zero-order valence-corrected chi connectivity index (χ0v) is 13.6. The fourth-order valence-electron chi connectivity index (χ4n) is 2.22. The Morgan fingerprint density at radius 3 is 2.46 bits per heavy atom. The van der Waals surface area contributed by atoms with Gasteiger partial charge in [0, 0.05) is 19.0 Å². The minimum Gasteiger partial charge on any atom is -0.495 e. The molecule has 0 aromatic heterocycles. The van der Waals surface area contributed by atoms with Crippen molar-refractivity contribution in [2.45, 2.75) is 13.3 Å². The molecule has 2 amide bonds. The van der Waals surface area contributed by atoms with Crippen LogP contribution >= 0.6 is 0 Å². The highest BCUT2D eigenvalue weighted by Crippen LogP contribution is 2.25. The van der Waals surface area contributed by atoms with Crippen LogP contribution in [0.5, 0.6) is 5.75 Å². The second kappa shape index (κ2) is 8.10. The van der Waals surface area contributed by atoms with Crippen molar-refractivity contribution in [1.29, 1.82) is 0 Å². The number of carbonyl (C=O) groups excluding carboxylic acids is 2. The molecular weight excluding hydrogens is 311 g/mol. The third kappa shape index (κ3) is 4.81. The molecule has 0 bridgehead atoms.